The highest BCUT2D eigenvalue weighted by atomic mass is 16.5. The number of ether oxygens (including phenoxy) is 2. The van der Waals surface area contributed by atoms with Gasteiger partial charge in [0.25, 0.3) is 0 Å². The fraction of sp³-hybridized carbons (Fsp3) is 0.571. The average Bonchev–Trinajstić information content (AvgIpc) is 2.73. The van der Waals surface area contributed by atoms with Crippen molar-refractivity contribution in [2.24, 2.45) is 0 Å². The molecule has 1 aliphatic rings. The van der Waals surface area contributed by atoms with Crippen LogP contribution in [0.15, 0.2) is 24.3 Å². The molecule has 6 nitrogen and oxygen atoms in total. The Morgan fingerprint density at radius 3 is 1.21 bits per heavy atom. The first-order valence-electron chi connectivity index (χ1n) is 12.3. The Kier molecular flexibility index (Phi) is 9.37. The maximum atomic E-state index is 10.5. The molecule has 3 rings (SSSR count). The average molecular weight is 471 g/mol. The van der Waals surface area contributed by atoms with E-state index < -0.39 is 12.2 Å². The van der Waals surface area contributed by atoms with Crippen LogP contribution in [-0.2, 0) is 0 Å². The van der Waals surface area contributed by atoms with Crippen molar-refractivity contribution >= 4 is 0 Å². The zero-order valence-corrected chi connectivity index (χ0v) is 21.7. The van der Waals surface area contributed by atoms with Crippen molar-refractivity contribution in [2.75, 3.05) is 52.5 Å². The van der Waals surface area contributed by atoms with Gasteiger partial charge in [-0.05, 0) is 63.8 Å². The number of aliphatic hydroxyl groups is 2. The summed E-state index contributed by atoms with van der Waals surface area (Å²) >= 11 is 0. The smallest absolute Gasteiger partial charge is 0.125 e. The largest absolute Gasteiger partial charge is 0.490 e. The lowest BCUT2D eigenvalue weighted by molar-refractivity contribution is 0.0238. The van der Waals surface area contributed by atoms with E-state index in [1.54, 1.807) is 0 Å². The Bertz CT molecular complexity index is 830. The van der Waals surface area contributed by atoms with E-state index in [4.69, 9.17) is 9.47 Å². The van der Waals surface area contributed by atoms with E-state index in [1.807, 2.05) is 27.7 Å². The molecule has 2 atom stereocenters. The Balaban J connectivity index is 1.37. The molecule has 0 spiro atoms. The van der Waals surface area contributed by atoms with Gasteiger partial charge in [-0.15, -0.1) is 0 Å². The first-order chi connectivity index (χ1) is 16.1. The molecule has 1 saturated heterocycles. The molecule has 0 aromatic heterocycles. The van der Waals surface area contributed by atoms with E-state index in [0.29, 0.717) is 26.3 Å². The van der Waals surface area contributed by atoms with E-state index in [0.717, 1.165) is 59.9 Å². The van der Waals surface area contributed by atoms with E-state index in [2.05, 4.69) is 47.9 Å². The molecule has 6 heteroatoms. The minimum absolute atomic E-state index is 0.291. The fourth-order valence-corrected chi connectivity index (χ4v) is 5.00. The van der Waals surface area contributed by atoms with Gasteiger partial charge in [-0.2, -0.15) is 0 Å². The van der Waals surface area contributed by atoms with Crippen molar-refractivity contribution in [1.29, 1.82) is 0 Å². The summed E-state index contributed by atoms with van der Waals surface area (Å²) in [7, 11) is 0. The summed E-state index contributed by atoms with van der Waals surface area (Å²) in [4.78, 5) is 4.53. The van der Waals surface area contributed by atoms with Crippen LogP contribution in [0.4, 0.5) is 0 Å². The maximum Gasteiger partial charge on any atom is 0.125 e. The molecule has 2 aromatic rings. The molecule has 34 heavy (non-hydrogen) atoms. The van der Waals surface area contributed by atoms with Crippen molar-refractivity contribution in [3.8, 4) is 11.5 Å². The second-order valence-electron chi connectivity index (χ2n) is 9.99. The van der Waals surface area contributed by atoms with Crippen LogP contribution in [0.3, 0.4) is 0 Å². The maximum absolute atomic E-state index is 10.5. The van der Waals surface area contributed by atoms with Gasteiger partial charge in [0.2, 0.25) is 0 Å². The van der Waals surface area contributed by atoms with E-state index >= 15 is 0 Å². The highest BCUT2D eigenvalue weighted by Crippen LogP contribution is 2.25. The predicted octanol–water partition coefficient (Wildman–Crippen LogP) is 3.33. The van der Waals surface area contributed by atoms with Crippen LogP contribution >= 0.6 is 0 Å². The number of aliphatic hydroxyl groups excluding tert-OH is 2. The Hall–Kier alpha value is -2.12. The summed E-state index contributed by atoms with van der Waals surface area (Å²) in [6.45, 7) is 17.6. The molecule has 2 N–H and O–H groups in total. The Morgan fingerprint density at radius 2 is 0.912 bits per heavy atom. The van der Waals surface area contributed by atoms with Crippen LogP contribution in [0, 0.1) is 41.5 Å². The van der Waals surface area contributed by atoms with E-state index in [9.17, 15) is 10.2 Å². The zero-order valence-electron chi connectivity index (χ0n) is 21.7. The lowest BCUT2D eigenvalue weighted by Gasteiger charge is -2.36. The lowest BCUT2D eigenvalue weighted by atomic mass is 10.1. The monoisotopic (exact) mass is 470 g/mol. The number of hydrogen-bond donors (Lipinski definition) is 2. The van der Waals surface area contributed by atoms with Gasteiger partial charge in [0.15, 0.2) is 0 Å². The summed E-state index contributed by atoms with van der Waals surface area (Å²) in [5.41, 5.74) is 6.86. The molecule has 0 unspecified atom stereocenters. The molecule has 188 valence electrons. The molecule has 2 aromatic carbocycles. The van der Waals surface area contributed by atoms with Crippen molar-refractivity contribution in [1.82, 2.24) is 9.80 Å². The number of hydrogen-bond acceptors (Lipinski definition) is 6. The third-order valence-corrected chi connectivity index (χ3v) is 6.45. The number of nitrogens with zero attached hydrogens (tertiary/aromatic N) is 2. The number of aryl methyl sites for hydroxylation is 6. The second-order valence-corrected chi connectivity index (χ2v) is 9.99. The minimum atomic E-state index is -0.536. The van der Waals surface area contributed by atoms with Crippen molar-refractivity contribution in [2.45, 2.75) is 53.8 Å². The highest BCUT2D eigenvalue weighted by Gasteiger charge is 2.22. The summed E-state index contributed by atoms with van der Waals surface area (Å²) in [5, 5.41) is 21.0. The van der Waals surface area contributed by atoms with E-state index in [-0.39, 0.29) is 0 Å². The van der Waals surface area contributed by atoms with Crippen LogP contribution < -0.4 is 9.47 Å². The third-order valence-electron chi connectivity index (χ3n) is 6.45. The predicted molar refractivity (Wildman–Crippen MR) is 137 cm³/mol. The van der Waals surface area contributed by atoms with Crippen LogP contribution in [0.5, 0.6) is 11.5 Å². The summed E-state index contributed by atoms with van der Waals surface area (Å²) in [5.74, 6) is 1.75. The zero-order chi connectivity index (χ0) is 24.8. The van der Waals surface area contributed by atoms with Crippen LogP contribution in [0.25, 0.3) is 0 Å². The van der Waals surface area contributed by atoms with Gasteiger partial charge >= 0.3 is 0 Å². The summed E-state index contributed by atoms with van der Waals surface area (Å²) < 4.78 is 11.9. The topological polar surface area (TPSA) is 65.4 Å². The third kappa shape index (κ3) is 7.44. The standard InChI is InChI=1S/C28H42N2O4/c1-19-11-21(3)27(22(4)12-19)33-17-25(31)15-29-7-9-30(10-8-29)16-26(32)18-34-28-23(5)13-20(2)14-24(28)6/h11-14,25-26,31-32H,7-10,15-18H2,1-6H3/t25-,26+. The van der Waals surface area contributed by atoms with Gasteiger partial charge in [0.05, 0.1) is 0 Å². The van der Waals surface area contributed by atoms with Gasteiger partial charge < -0.3 is 19.7 Å². The number of β-amino-alcohol motifs (C(OH)–C–C–N with tert-alkyl or cyclic N) is 2. The molecule has 1 heterocycles. The molecule has 1 aliphatic heterocycles. The number of benzene rings is 2. The molecule has 0 radical (unpaired) electrons. The van der Waals surface area contributed by atoms with Crippen molar-refractivity contribution < 1.29 is 19.7 Å². The van der Waals surface area contributed by atoms with Crippen molar-refractivity contribution in [3.63, 3.8) is 0 Å². The summed E-state index contributed by atoms with van der Waals surface area (Å²) in [6, 6.07) is 8.43. The number of rotatable bonds is 10. The van der Waals surface area contributed by atoms with Crippen LogP contribution in [0.2, 0.25) is 0 Å². The van der Waals surface area contributed by atoms with E-state index in [1.165, 1.54) is 11.1 Å². The van der Waals surface area contributed by atoms with Gasteiger partial charge in [0, 0.05) is 39.3 Å². The molecule has 0 aliphatic carbocycles. The molecule has 0 saturated carbocycles. The SMILES string of the molecule is Cc1cc(C)c(OC[C@@H](O)CN2CCN(C[C@@H](O)COc3c(C)cc(C)cc3C)CC2)c(C)c1. The van der Waals surface area contributed by atoms with Gasteiger partial charge in [-0.1, -0.05) is 35.4 Å². The Labute approximate surface area is 205 Å². The van der Waals surface area contributed by atoms with Crippen LogP contribution in [-0.4, -0.2) is 84.7 Å². The van der Waals surface area contributed by atoms with Gasteiger partial charge in [0.1, 0.15) is 36.9 Å². The quantitative estimate of drug-likeness (QED) is 0.555. The molecule has 0 amide bonds. The molecular weight excluding hydrogens is 428 g/mol. The molecule has 1 fully saturated rings. The highest BCUT2D eigenvalue weighted by molar-refractivity contribution is 5.43. The normalized spacial score (nSPS) is 16.9. The summed E-state index contributed by atoms with van der Waals surface area (Å²) in [6.07, 6.45) is -1.07. The van der Waals surface area contributed by atoms with Gasteiger partial charge in [-0.3, -0.25) is 9.80 Å². The van der Waals surface area contributed by atoms with Crippen molar-refractivity contribution in [3.05, 3.63) is 57.6 Å². The van der Waals surface area contributed by atoms with Gasteiger partial charge in [-0.25, -0.2) is 0 Å². The molecule has 0 bridgehead atoms. The number of piperazine rings is 1. The first-order valence-corrected chi connectivity index (χ1v) is 12.3. The Morgan fingerprint density at radius 1 is 0.618 bits per heavy atom. The second kappa shape index (κ2) is 12.0. The first kappa shape index (κ1) is 26.5. The van der Waals surface area contributed by atoms with Crippen LogP contribution in [0.1, 0.15) is 33.4 Å². The molecular formula is C28H42N2O4. The lowest BCUT2D eigenvalue weighted by Crippen LogP contribution is -2.51. The minimum Gasteiger partial charge on any atom is -0.490 e. The fourth-order valence-electron chi connectivity index (χ4n) is 5.00.